The molecule has 0 aromatic heterocycles. The maximum atomic E-state index is 12.0. The van der Waals surface area contributed by atoms with Crippen molar-refractivity contribution in [2.75, 3.05) is 6.54 Å². The highest BCUT2D eigenvalue weighted by molar-refractivity contribution is 9.10. The molecule has 0 saturated heterocycles. The van der Waals surface area contributed by atoms with Crippen molar-refractivity contribution in [1.29, 1.82) is 0 Å². The predicted octanol–water partition coefficient (Wildman–Crippen LogP) is 4.19. The van der Waals surface area contributed by atoms with Crippen LogP contribution in [0.15, 0.2) is 34.8 Å². The van der Waals surface area contributed by atoms with Crippen molar-refractivity contribution in [2.45, 2.75) is 19.3 Å². The summed E-state index contributed by atoms with van der Waals surface area (Å²) in [6, 6.07) is 5.21. The van der Waals surface area contributed by atoms with E-state index in [9.17, 15) is 4.79 Å². The number of carbonyl (C=O) groups excluding carboxylic acids is 1. The molecule has 2 rings (SSSR count). The van der Waals surface area contributed by atoms with Crippen molar-refractivity contribution in [1.82, 2.24) is 5.32 Å². The average Bonchev–Trinajstić information content (AvgIpc) is 2.40. The zero-order chi connectivity index (χ0) is 13.0. The number of rotatable bonds is 3. The van der Waals surface area contributed by atoms with Crippen LogP contribution in [-0.4, -0.2) is 12.5 Å². The van der Waals surface area contributed by atoms with E-state index >= 15 is 0 Å². The Morgan fingerprint density at radius 1 is 1.44 bits per heavy atom. The Bertz CT molecular complexity index is 473. The molecule has 0 spiro atoms. The van der Waals surface area contributed by atoms with E-state index < -0.39 is 0 Å². The molecule has 1 aromatic rings. The van der Waals surface area contributed by atoms with E-state index in [4.69, 9.17) is 11.6 Å². The maximum absolute atomic E-state index is 12.0. The van der Waals surface area contributed by atoms with Gasteiger partial charge < -0.3 is 5.32 Å². The number of allylic oxidation sites excluding steroid dienone is 2. The Labute approximate surface area is 121 Å². The van der Waals surface area contributed by atoms with Gasteiger partial charge in [-0.05, 0) is 59.3 Å². The normalized spacial score (nSPS) is 18.7. The molecule has 1 unspecified atom stereocenters. The van der Waals surface area contributed by atoms with Gasteiger partial charge in [0.2, 0.25) is 0 Å². The van der Waals surface area contributed by atoms with E-state index in [1.807, 2.05) is 0 Å². The van der Waals surface area contributed by atoms with E-state index in [0.717, 1.165) is 30.3 Å². The molecule has 1 aromatic carbocycles. The molecule has 0 bridgehead atoms. The fraction of sp³-hybridized carbons (Fsp3) is 0.357. The standard InChI is InChI=1S/C14H15BrClNO/c15-12-8-11(6-7-13(12)16)14(18)17-9-10-4-2-1-3-5-10/h1-2,6-8,10H,3-5,9H2,(H,17,18). The number of carbonyl (C=O) groups is 1. The van der Waals surface area contributed by atoms with Crippen molar-refractivity contribution in [3.63, 3.8) is 0 Å². The van der Waals surface area contributed by atoms with Gasteiger partial charge in [0.05, 0.1) is 5.02 Å². The van der Waals surface area contributed by atoms with Crippen LogP contribution in [0.2, 0.25) is 5.02 Å². The predicted molar refractivity (Wildman–Crippen MR) is 78.0 cm³/mol. The SMILES string of the molecule is O=C(NCC1CC=CCC1)c1ccc(Cl)c(Br)c1. The zero-order valence-electron chi connectivity index (χ0n) is 9.96. The molecule has 0 heterocycles. The van der Waals surface area contributed by atoms with E-state index in [2.05, 4.69) is 33.4 Å². The van der Waals surface area contributed by atoms with Crippen molar-refractivity contribution < 1.29 is 4.79 Å². The van der Waals surface area contributed by atoms with E-state index in [1.54, 1.807) is 18.2 Å². The first-order valence-corrected chi connectivity index (χ1v) is 7.22. The summed E-state index contributed by atoms with van der Waals surface area (Å²) in [5.41, 5.74) is 0.637. The molecule has 1 amide bonds. The second-order valence-electron chi connectivity index (χ2n) is 4.49. The summed E-state index contributed by atoms with van der Waals surface area (Å²) in [7, 11) is 0. The van der Waals surface area contributed by atoms with Crippen molar-refractivity contribution >= 4 is 33.4 Å². The summed E-state index contributed by atoms with van der Waals surface area (Å²) in [5, 5.41) is 3.59. The van der Waals surface area contributed by atoms with Gasteiger partial charge in [-0.25, -0.2) is 0 Å². The molecule has 0 saturated carbocycles. The monoisotopic (exact) mass is 327 g/mol. The molecule has 0 radical (unpaired) electrons. The second kappa shape index (κ2) is 6.39. The molecule has 1 N–H and O–H groups in total. The number of hydrogen-bond acceptors (Lipinski definition) is 1. The first-order valence-electron chi connectivity index (χ1n) is 6.05. The van der Waals surface area contributed by atoms with Crippen LogP contribution in [0.5, 0.6) is 0 Å². The Kier molecular flexibility index (Phi) is 4.84. The minimum absolute atomic E-state index is 0.0399. The first-order chi connectivity index (χ1) is 8.66. The lowest BCUT2D eigenvalue weighted by Crippen LogP contribution is -2.29. The quantitative estimate of drug-likeness (QED) is 0.828. The molecule has 1 aliphatic rings. The van der Waals surface area contributed by atoms with Gasteiger partial charge in [0.1, 0.15) is 0 Å². The highest BCUT2D eigenvalue weighted by Gasteiger charge is 2.12. The minimum atomic E-state index is -0.0399. The lowest BCUT2D eigenvalue weighted by molar-refractivity contribution is 0.0946. The van der Waals surface area contributed by atoms with E-state index in [-0.39, 0.29) is 5.91 Å². The van der Waals surface area contributed by atoms with Gasteiger partial charge in [0.25, 0.3) is 5.91 Å². The third-order valence-electron chi connectivity index (χ3n) is 3.11. The van der Waals surface area contributed by atoms with Gasteiger partial charge in [0.15, 0.2) is 0 Å². The van der Waals surface area contributed by atoms with Crippen molar-refractivity contribution in [2.24, 2.45) is 5.92 Å². The minimum Gasteiger partial charge on any atom is -0.352 e. The van der Waals surface area contributed by atoms with Gasteiger partial charge in [-0.2, -0.15) is 0 Å². The summed E-state index contributed by atoms with van der Waals surface area (Å²) < 4.78 is 0.748. The van der Waals surface area contributed by atoms with Crippen LogP contribution in [0.25, 0.3) is 0 Å². The molecular formula is C14H15BrClNO. The summed E-state index contributed by atoms with van der Waals surface area (Å²) >= 11 is 9.22. The summed E-state index contributed by atoms with van der Waals surface area (Å²) in [6.45, 7) is 0.740. The largest absolute Gasteiger partial charge is 0.352 e. The topological polar surface area (TPSA) is 29.1 Å². The second-order valence-corrected chi connectivity index (χ2v) is 5.75. The molecule has 1 aliphatic carbocycles. The van der Waals surface area contributed by atoms with Gasteiger partial charge in [0, 0.05) is 16.6 Å². The van der Waals surface area contributed by atoms with Crippen LogP contribution in [0.4, 0.5) is 0 Å². The number of amides is 1. The van der Waals surface area contributed by atoms with Crippen LogP contribution < -0.4 is 5.32 Å². The molecule has 96 valence electrons. The molecule has 18 heavy (non-hydrogen) atoms. The Morgan fingerprint density at radius 3 is 2.94 bits per heavy atom. The van der Waals surface area contributed by atoms with Gasteiger partial charge >= 0.3 is 0 Å². The summed E-state index contributed by atoms with van der Waals surface area (Å²) in [4.78, 5) is 12.0. The highest BCUT2D eigenvalue weighted by atomic mass is 79.9. The fourth-order valence-corrected chi connectivity index (χ4v) is 2.51. The molecular weight excluding hydrogens is 314 g/mol. The van der Waals surface area contributed by atoms with Crippen LogP contribution in [-0.2, 0) is 0 Å². The number of benzene rings is 1. The third-order valence-corrected chi connectivity index (χ3v) is 4.32. The Hall–Kier alpha value is -0.800. The molecule has 4 heteroatoms. The Balaban J connectivity index is 1.91. The zero-order valence-corrected chi connectivity index (χ0v) is 12.3. The molecule has 0 fully saturated rings. The maximum Gasteiger partial charge on any atom is 0.251 e. The number of hydrogen-bond donors (Lipinski definition) is 1. The van der Waals surface area contributed by atoms with E-state index in [1.165, 1.54) is 0 Å². The fourth-order valence-electron chi connectivity index (χ4n) is 2.02. The van der Waals surface area contributed by atoms with Crippen LogP contribution in [0.1, 0.15) is 29.6 Å². The van der Waals surface area contributed by atoms with Gasteiger partial charge in [-0.15, -0.1) is 0 Å². The van der Waals surface area contributed by atoms with Crippen LogP contribution in [0.3, 0.4) is 0 Å². The van der Waals surface area contributed by atoms with Crippen LogP contribution >= 0.6 is 27.5 Å². The number of halogens is 2. The lowest BCUT2D eigenvalue weighted by Gasteiger charge is -2.18. The summed E-state index contributed by atoms with van der Waals surface area (Å²) in [6.07, 6.45) is 7.73. The van der Waals surface area contributed by atoms with Gasteiger partial charge in [-0.1, -0.05) is 23.8 Å². The third kappa shape index (κ3) is 3.59. The first kappa shape index (κ1) is 13.6. The Morgan fingerprint density at radius 2 is 2.28 bits per heavy atom. The average molecular weight is 329 g/mol. The molecule has 2 nitrogen and oxygen atoms in total. The molecule has 0 aliphatic heterocycles. The highest BCUT2D eigenvalue weighted by Crippen LogP contribution is 2.23. The van der Waals surface area contributed by atoms with E-state index in [0.29, 0.717) is 16.5 Å². The van der Waals surface area contributed by atoms with Crippen molar-refractivity contribution in [3.8, 4) is 0 Å². The molecule has 1 atom stereocenters. The number of nitrogens with one attached hydrogen (secondary N) is 1. The van der Waals surface area contributed by atoms with Crippen LogP contribution in [0, 0.1) is 5.92 Å². The van der Waals surface area contributed by atoms with Gasteiger partial charge in [-0.3, -0.25) is 4.79 Å². The smallest absolute Gasteiger partial charge is 0.251 e. The summed E-state index contributed by atoms with van der Waals surface area (Å²) in [5.74, 6) is 0.525. The van der Waals surface area contributed by atoms with Crippen molar-refractivity contribution in [3.05, 3.63) is 45.4 Å². The lowest BCUT2D eigenvalue weighted by atomic mass is 9.94.